The Morgan fingerprint density at radius 2 is 1.76 bits per heavy atom. The Morgan fingerprint density at radius 3 is 2.43 bits per heavy atom. The van der Waals surface area contributed by atoms with E-state index in [4.69, 9.17) is 28.9 Å². The summed E-state index contributed by atoms with van der Waals surface area (Å²) in [5.74, 6) is 0. The molecule has 8 heteroatoms. The van der Waals surface area contributed by atoms with Gasteiger partial charge in [0.1, 0.15) is 4.90 Å². The summed E-state index contributed by atoms with van der Waals surface area (Å²) in [6.45, 7) is 0.732. The molecule has 0 spiro atoms. The summed E-state index contributed by atoms with van der Waals surface area (Å²) in [5.41, 5.74) is 5.81. The Balaban J connectivity index is 2.10. The Bertz CT molecular complexity index is 737. The van der Waals surface area contributed by atoms with E-state index in [1.165, 1.54) is 12.1 Å². The maximum absolute atomic E-state index is 12.2. The number of benzene rings is 1. The van der Waals surface area contributed by atoms with E-state index in [2.05, 4.69) is 4.72 Å². The number of anilines is 1. The van der Waals surface area contributed by atoms with E-state index in [0.29, 0.717) is 6.54 Å². The van der Waals surface area contributed by atoms with Crippen LogP contribution in [0.4, 0.5) is 5.69 Å². The lowest BCUT2D eigenvalue weighted by molar-refractivity contribution is -0.694. The largest absolute Gasteiger partial charge is 0.397 e. The monoisotopic (exact) mass is 346 g/mol. The van der Waals surface area contributed by atoms with E-state index in [1.54, 1.807) is 0 Å². The lowest BCUT2D eigenvalue weighted by atomic mass is 10.3. The normalized spacial score (nSPS) is 11.5. The Labute approximate surface area is 133 Å². The van der Waals surface area contributed by atoms with E-state index in [9.17, 15) is 8.42 Å². The van der Waals surface area contributed by atoms with Crippen molar-refractivity contribution in [3.63, 3.8) is 0 Å². The van der Waals surface area contributed by atoms with Crippen molar-refractivity contribution in [3.8, 4) is 0 Å². The molecule has 0 bridgehead atoms. The van der Waals surface area contributed by atoms with E-state index >= 15 is 0 Å². The number of pyridine rings is 1. The number of nitrogens with zero attached hydrogens (tertiary/aromatic N) is 1. The molecule has 21 heavy (non-hydrogen) atoms. The number of nitrogen functional groups attached to an aromatic ring is 1. The highest BCUT2D eigenvalue weighted by Crippen LogP contribution is 2.29. The predicted octanol–water partition coefficient (Wildman–Crippen LogP) is 1.84. The summed E-state index contributed by atoms with van der Waals surface area (Å²) in [7, 11) is -3.74. The highest BCUT2D eigenvalue weighted by atomic mass is 35.5. The van der Waals surface area contributed by atoms with Crippen LogP contribution >= 0.6 is 23.2 Å². The molecular formula is C13H14Cl2N3O2S+. The van der Waals surface area contributed by atoms with Gasteiger partial charge in [0.2, 0.25) is 10.0 Å². The fraction of sp³-hybridized carbons (Fsp3) is 0.154. The number of aromatic nitrogens is 1. The molecule has 0 amide bonds. The molecule has 2 aromatic rings. The van der Waals surface area contributed by atoms with Gasteiger partial charge in [-0.2, -0.15) is 0 Å². The quantitative estimate of drug-likeness (QED) is 0.640. The molecule has 0 saturated carbocycles. The SMILES string of the molecule is Nc1cc(Cl)c(S(=O)(=O)NCC[n+]2ccccc2)cc1Cl. The topological polar surface area (TPSA) is 76.1 Å². The molecule has 0 aliphatic heterocycles. The van der Waals surface area contributed by atoms with Crippen molar-refractivity contribution in [3.05, 3.63) is 52.8 Å². The van der Waals surface area contributed by atoms with Crippen molar-refractivity contribution in [2.24, 2.45) is 0 Å². The van der Waals surface area contributed by atoms with E-state index in [-0.39, 0.29) is 27.2 Å². The number of nitrogens with one attached hydrogen (secondary N) is 1. The van der Waals surface area contributed by atoms with Crippen molar-refractivity contribution < 1.29 is 13.0 Å². The molecule has 1 heterocycles. The van der Waals surface area contributed by atoms with Gasteiger partial charge in [-0.05, 0) is 12.1 Å². The second-order valence-corrected chi connectivity index (χ2v) is 6.87. The first kappa shape index (κ1) is 16.0. The molecule has 0 saturated heterocycles. The summed E-state index contributed by atoms with van der Waals surface area (Å²) in [6, 6.07) is 8.19. The van der Waals surface area contributed by atoms with E-state index in [0.717, 1.165) is 0 Å². The first-order valence-corrected chi connectivity index (χ1v) is 8.32. The van der Waals surface area contributed by atoms with Gasteiger partial charge in [0.25, 0.3) is 0 Å². The van der Waals surface area contributed by atoms with Gasteiger partial charge in [0, 0.05) is 12.1 Å². The van der Waals surface area contributed by atoms with Gasteiger partial charge in [-0.25, -0.2) is 17.7 Å². The molecule has 0 radical (unpaired) electrons. The third-order valence-electron chi connectivity index (χ3n) is 2.78. The summed E-state index contributed by atoms with van der Waals surface area (Å²) in [6.07, 6.45) is 3.70. The van der Waals surface area contributed by atoms with Crippen LogP contribution in [0.25, 0.3) is 0 Å². The van der Waals surface area contributed by atoms with Crippen LogP contribution in [0, 0.1) is 0 Å². The van der Waals surface area contributed by atoms with Crippen molar-refractivity contribution in [2.75, 3.05) is 12.3 Å². The van der Waals surface area contributed by atoms with Crippen molar-refractivity contribution in [2.45, 2.75) is 11.4 Å². The first-order valence-electron chi connectivity index (χ1n) is 6.08. The van der Waals surface area contributed by atoms with Crippen LogP contribution in [0.5, 0.6) is 0 Å². The van der Waals surface area contributed by atoms with E-state index in [1.807, 2.05) is 35.2 Å². The van der Waals surface area contributed by atoms with E-state index < -0.39 is 10.0 Å². The summed E-state index contributed by atoms with van der Waals surface area (Å²) < 4.78 is 28.7. The van der Waals surface area contributed by atoms with Gasteiger partial charge in [0.05, 0.1) is 22.3 Å². The van der Waals surface area contributed by atoms with Crippen molar-refractivity contribution in [1.82, 2.24) is 4.72 Å². The van der Waals surface area contributed by atoms with Gasteiger partial charge in [0.15, 0.2) is 18.9 Å². The maximum Gasteiger partial charge on any atom is 0.242 e. The zero-order valence-corrected chi connectivity index (χ0v) is 13.3. The molecule has 2 rings (SSSR count). The number of rotatable bonds is 5. The lowest BCUT2D eigenvalue weighted by Gasteiger charge is -2.09. The Morgan fingerprint density at radius 1 is 1.10 bits per heavy atom. The fourth-order valence-corrected chi connectivity index (χ4v) is 3.53. The molecule has 3 N–H and O–H groups in total. The molecule has 112 valence electrons. The average Bonchev–Trinajstić information content (AvgIpc) is 2.43. The van der Waals surface area contributed by atoms with Gasteiger partial charge in [-0.1, -0.05) is 29.3 Å². The molecule has 0 aliphatic carbocycles. The number of hydrogen-bond acceptors (Lipinski definition) is 3. The van der Waals surface area contributed by atoms with Crippen molar-refractivity contribution >= 4 is 38.9 Å². The van der Waals surface area contributed by atoms with Crippen LogP contribution in [0.15, 0.2) is 47.6 Å². The third-order valence-corrected chi connectivity index (χ3v) is 5.03. The fourth-order valence-electron chi connectivity index (χ4n) is 1.72. The summed E-state index contributed by atoms with van der Waals surface area (Å²) >= 11 is 11.8. The maximum atomic E-state index is 12.2. The average molecular weight is 347 g/mol. The highest BCUT2D eigenvalue weighted by Gasteiger charge is 2.19. The summed E-state index contributed by atoms with van der Waals surface area (Å²) in [5, 5.41) is 0.189. The van der Waals surface area contributed by atoms with Gasteiger partial charge in [-0.3, -0.25) is 0 Å². The highest BCUT2D eigenvalue weighted by molar-refractivity contribution is 7.89. The van der Waals surface area contributed by atoms with Gasteiger partial charge >= 0.3 is 0 Å². The smallest absolute Gasteiger partial charge is 0.242 e. The second kappa shape index (κ2) is 6.62. The van der Waals surface area contributed by atoms with Crippen LogP contribution in [0.3, 0.4) is 0 Å². The molecule has 1 aromatic heterocycles. The minimum Gasteiger partial charge on any atom is -0.397 e. The predicted molar refractivity (Wildman–Crippen MR) is 82.7 cm³/mol. The van der Waals surface area contributed by atoms with Crippen LogP contribution in [-0.2, 0) is 16.6 Å². The molecule has 5 nitrogen and oxygen atoms in total. The number of nitrogens with two attached hydrogens (primary N) is 1. The standard InChI is InChI=1S/C13H14Cl2N3O2S/c14-10-9-13(11(15)8-12(10)16)21(19,20)17-4-7-18-5-2-1-3-6-18/h1-3,5-6,8-9,17H,4,7,16H2/q+1. The van der Waals surface area contributed by atoms with Crippen LogP contribution < -0.4 is 15.0 Å². The Hall–Kier alpha value is -1.34. The van der Waals surface area contributed by atoms with Crippen LogP contribution in [-0.4, -0.2) is 15.0 Å². The third kappa shape index (κ3) is 4.07. The molecule has 0 unspecified atom stereocenters. The second-order valence-electron chi connectivity index (χ2n) is 4.32. The minimum atomic E-state index is -3.74. The van der Waals surface area contributed by atoms with Gasteiger partial charge < -0.3 is 5.73 Å². The van der Waals surface area contributed by atoms with Crippen molar-refractivity contribution in [1.29, 1.82) is 0 Å². The van der Waals surface area contributed by atoms with Crippen LogP contribution in [0.1, 0.15) is 0 Å². The number of sulfonamides is 1. The number of halogens is 2. The number of hydrogen-bond donors (Lipinski definition) is 2. The van der Waals surface area contributed by atoms with Gasteiger partial charge in [-0.15, -0.1) is 0 Å². The molecule has 0 atom stereocenters. The summed E-state index contributed by atoms with van der Waals surface area (Å²) in [4.78, 5) is -0.0820. The zero-order valence-electron chi connectivity index (χ0n) is 11.0. The molecule has 1 aromatic carbocycles. The molecular weight excluding hydrogens is 333 g/mol. The lowest BCUT2D eigenvalue weighted by Crippen LogP contribution is -2.39. The molecule has 0 aliphatic rings. The molecule has 0 fully saturated rings. The van der Waals surface area contributed by atoms with Crippen LogP contribution in [0.2, 0.25) is 10.0 Å². The minimum absolute atomic E-state index is 0.0387. The zero-order chi connectivity index (χ0) is 15.5. The first-order chi connectivity index (χ1) is 9.90. The Kier molecular flexibility index (Phi) is 5.05.